The minimum Gasteiger partial charge on any atom is -0.491 e. The van der Waals surface area contributed by atoms with Crippen LogP contribution in [0, 0.1) is 6.92 Å². The molecule has 1 atom stereocenters. The van der Waals surface area contributed by atoms with E-state index in [0.29, 0.717) is 5.75 Å². The van der Waals surface area contributed by atoms with Crippen molar-refractivity contribution in [3.05, 3.63) is 28.2 Å². The summed E-state index contributed by atoms with van der Waals surface area (Å²) in [5.41, 5.74) is 1.07. The lowest BCUT2D eigenvalue weighted by atomic mass is 10.2. The molecule has 0 heterocycles. The highest BCUT2D eigenvalue weighted by atomic mass is 79.9. The van der Waals surface area contributed by atoms with Gasteiger partial charge < -0.3 is 14.9 Å². The number of hydrogen-bond donors (Lipinski definition) is 2. The topological polar surface area (TPSA) is 49.7 Å². The maximum Gasteiger partial charge on any atom is 0.119 e. The number of benzene rings is 1. The Balaban J connectivity index is 2.55. The molecular formula is C10H13BrO3. The van der Waals surface area contributed by atoms with Crippen molar-refractivity contribution in [1.29, 1.82) is 0 Å². The van der Waals surface area contributed by atoms with Crippen LogP contribution in [0.25, 0.3) is 0 Å². The van der Waals surface area contributed by atoms with E-state index in [2.05, 4.69) is 15.9 Å². The van der Waals surface area contributed by atoms with Crippen LogP contribution >= 0.6 is 15.9 Å². The molecule has 14 heavy (non-hydrogen) atoms. The minimum absolute atomic E-state index is 0.109. The molecule has 1 aromatic rings. The van der Waals surface area contributed by atoms with Gasteiger partial charge in [-0.3, -0.25) is 0 Å². The second kappa shape index (κ2) is 5.34. The summed E-state index contributed by atoms with van der Waals surface area (Å²) in [6, 6.07) is 5.56. The van der Waals surface area contributed by atoms with Crippen molar-refractivity contribution >= 4 is 15.9 Å². The van der Waals surface area contributed by atoms with E-state index in [1.54, 1.807) is 6.07 Å². The van der Waals surface area contributed by atoms with Crippen LogP contribution in [-0.4, -0.2) is 29.5 Å². The molecular weight excluding hydrogens is 248 g/mol. The first kappa shape index (κ1) is 11.5. The molecule has 3 nitrogen and oxygen atoms in total. The molecule has 0 bridgehead atoms. The molecule has 0 saturated carbocycles. The Labute approximate surface area is 91.5 Å². The molecule has 0 saturated heterocycles. The molecule has 4 heteroatoms. The third-order valence-electron chi connectivity index (χ3n) is 1.78. The van der Waals surface area contributed by atoms with Gasteiger partial charge in [-0.05, 0) is 30.7 Å². The Morgan fingerprint density at radius 3 is 2.79 bits per heavy atom. The standard InChI is InChI=1S/C10H13BrO3/c1-7-4-9(2-3-10(7)11)14-6-8(13)5-12/h2-4,8,12-13H,5-6H2,1H3. The van der Waals surface area contributed by atoms with Crippen LogP contribution in [0.1, 0.15) is 5.56 Å². The fourth-order valence-corrected chi connectivity index (χ4v) is 1.20. The van der Waals surface area contributed by atoms with Crippen molar-refractivity contribution in [2.45, 2.75) is 13.0 Å². The first-order valence-electron chi connectivity index (χ1n) is 4.31. The zero-order chi connectivity index (χ0) is 10.6. The smallest absolute Gasteiger partial charge is 0.119 e. The Kier molecular flexibility index (Phi) is 4.38. The van der Waals surface area contributed by atoms with Crippen LogP contribution in [0.2, 0.25) is 0 Å². The third-order valence-corrected chi connectivity index (χ3v) is 2.67. The number of aliphatic hydroxyl groups is 2. The number of rotatable bonds is 4. The number of ether oxygens (including phenoxy) is 1. The van der Waals surface area contributed by atoms with Crippen molar-refractivity contribution < 1.29 is 14.9 Å². The Hall–Kier alpha value is -0.580. The monoisotopic (exact) mass is 260 g/mol. The lowest BCUT2D eigenvalue weighted by Gasteiger charge is -2.10. The largest absolute Gasteiger partial charge is 0.491 e. The first-order chi connectivity index (χ1) is 6.63. The van der Waals surface area contributed by atoms with Crippen LogP contribution < -0.4 is 4.74 Å². The second-order valence-electron chi connectivity index (χ2n) is 3.06. The molecule has 1 aromatic carbocycles. The van der Waals surface area contributed by atoms with Crippen molar-refractivity contribution in [2.24, 2.45) is 0 Å². The average molecular weight is 261 g/mol. The molecule has 0 fully saturated rings. The van der Waals surface area contributed by atoms with Gasteiger partial charge in [0.25, 0.3) is 0 Å². The molecule has 0 spiro atoms. The Bertz CT molecular complexity index is 301. The molecule has 2 N–H and O–H groups in total. The van der Waals surface area contributed by atoms with Crippen molar-refractivity contribution in [3.8, 4) is 5.75 Å². The van der Waals surface area contributed by atoms with Crippen LogP contribution in [-0.2, 0) is 0 Å². The van der Waals surface area contributed by atoms with Crippen LogP contribution in [0.15, 0.2) is 22.7 Å². The number of halogens is 1. The van der Waals surface area contributed by atoms with Crippen LogP contribution in [0.3, 0.4) is 0 Å². The first-order valence-corrected chi connectivity index (χ1v) is 5.10. The summed E-state index contributed by atoms with van der Waals surface area (Å²) >= 11 is 3.38. The summed E-state index contributed by atoms with van der Waals surface area (Å²) < 4.78 is 6.28. The van der Waals surface area contributed by atoms with Gasteiger partial charge in [-0.2, -0.15) is 0 Å². The molecule has 0 aliphatic heterocycles. The zero-order valence-electron chi connectivity index (χ0n) is 7.90. The zero-order valence-corrected chi connectivity index (χ0v) is 9.49. The van der Waals surface area contributed by atoms with E-state index in [9.17, 15) is 0 Å². The molecule has 1 rings (SSSR count). The van der Waals surface area contributed by atoms with Gasteiger partial charge in [0.05, 0.1) is 6.61 Å². The summed E-state index contributed by atoms with van der Waals surface area (Å²) in [4.78, 5) is 0. The quantitative estimate of drug-likeness (QED) is 0.863. The van der Waals surface area contributed by atoms with Gasteiger partial charge in [0.15, 0.2) is 0 Å². The maximum atomic E-state index is 9.06. The van der Waals surface area contributed by atoms with Gasteiger partial charge in [-0.25, -0.2) is 0 Å². The molecule has 0 radical (unpaired) electrons. The second-order valence-corrected chi connectivity index (χ2v) is 3.91. The van der Waals surface area contributed by atoms with Crippen LogP contribution in [0.4, 0.5) is 0 Å². The minimum atomic E-state index is -0.820. The lowest BCUT2D eigenvalue weighted by molar-refractivity contribution is 0.0536. The number of aryl methyl sites for hydroxylation is 1. The van der Waals surface area contributed by atoms with Crippen LogP contribution in [0.5, 0.6) is 5.75 Å². The van der Waals surface area contributed by atoms with Gasteiger partial charge in [-0.1, -0.05) is 15.9 Å². The van der Waals surface area contributed by atoms with Gasteiger partial charge >= 0.3 is 0 Å². The van der Waals surface area contributed by atoms with Gasteiger partial charge in [0.1, 0.15) is 18.5 Å². The van der Waals surface area contributed by atoms with E-state index in [1.807, 2.05) is 19.1 Å². The van der Waals surface area contributed by atoms with E-state index in [1.165, 1.54) is 0 Å². The summed E-state index contributed by atoms with van der Waals surface area (Å²) in [6.07, 6.45) is -0.820. The van der Waals surface area contributed by atoms with Crippen molar-refractivity contribution in [2.75, 3.05) is 13.2 Å². The Morgan fingerprint density at radius 2 is 2.21 bits per heavy atom. The van der Waals surface area contributed by atoms with Gasteiger partial charge in [0.2, 0.25) is 0 Å². The molecule has 0 amide bonds. The lowest BCUT2D eigenvalue weighted by Crippen LogP contribution is -2.21. The highest BCUT2D eigenvalue weighted by Gasteiger charge is 2.03. The van der Waals surface area contributed by atoms with Crippen molar-refractivity contribution in [3.63, 3.8) is 0 Å². The predicted octanol–water partition coefficient (Wildman–Crippen LogP) is 1.49. The van der Waals surface area contributed by atoms with E-state index in [4.69, 9.17) is 14.9 Å². The molecule has 0 aromatic heterocycles. The Morgan fingerprint density at radius 1 is 1.50 bits per heavy atom. The van der Waals surface area contributed by atoms with Gasteiger partial charge in [-0.15, -0.1) is 0 Å². The van der Waals surface area contributed by atoms with Crippen molar-refractivity contribution in [1.82, 2.24) is 0 Å². The normalized spacial score (nSPS) is 12.6. The van der Waals surface area contributed by atoms with E-state index in [0.717, 1.165) is 10.0 Å². The highest BCUT2D eigenvalue weighted by molar-refractivity contribution is 9.10. The molecule has 1 unspecified atom stereocenters. The summed E-state index contributed by atoms with van der Waals surface area (Å²) in [7, 11) is 0. The fraction of sp³-hybridized carbons (Fsp3) is 0.400. The van der Waals surface area contributed by atoms with E-state index in [-0.39, 0.29) is 13.2 Å². The maximum absolute atomic E-state index is 9.06. The van der Waals surface area contributed by atoms with Gasteiger partial charge in [0, 0.05) is 4.47 Å². The number of hydrogen-bond acceptors (Lipinski definition) is 3. The summed E-state index contributed by atoms with van der Waals surface area (Å²) in [6.45, 7) is 1.78. The fourth-order valence-electron chi connectivity index (χ4n) is 0.952. The summed E-state index contributed by atoms with van der Waals surface area (Å²) in [5, 5.41) is 17.6. The summed E-state index contributed by atoms with van der Waals surface area (Å²) in [5.74, 6) is 0.693. The van der Waals surface area contributed by atoms with E-state index >= 15 is 0 Å². The molecule has 0 aliphatic rings. The third kappa shape index (κ3) is 3.29. The molecule has 0 aliphatic carbocycles. The highest BCUT2D eigenvalue weighted by Crippen LogP contribution is 2.21. The SMILES string of the molecule is Cc1cc(OCC(O)CO)ccc1Br. The molecule has 78 valence electrons. The average Bonchev–Trinajstić information content (AvgIpc) is 2.19. The predicted molar refractivity (Wildman–Crippen MR) is 57.5 cm³/mol. The van der Waals surface area contributed by atoms with E-state index < -0.39 is 6.10 Å². The number of aliphatic hydroxyl groups excluding tert-OH is 2.